The summed E-state index contributed by atoms with van der Waals surface area (Å²) < 4.78 is 1.71. The molecule has 1 aromatic rings. The van der Waals surface area contributed by atoms with Gasteiger partial charge in [0, 0.05) is 50.5 Å². The molecular weight excluding hydrogens is 508 g/mol. The number of carbonyl (C=O) groups excluding carboxylic acids is 2. The van der Waals surface area contributed by atoms with Gasteiger partial charge in [-0.25, -0.2) is 9.59 Å². The quantitative estimate of drug-likeness (QED) is 0.419. The molecule has 0 radical (unpaired) electrons. The Balaban J connectivity index is 0.00000400. The molecule has 3 aliphatic rings. The van der Waals surface area contributed by atoms with Crippen molar-refractivity contribution in [1.29, 1.82) is 0 Å². The van der Waals surface area contributed by atoms with Crippen molar-refractivity contribution in [2.24, 2.45) is 17.4 Å². The molecule has 3 fully saturated rings. The van der Waals surface area contributed by atoms with Crippen molar-refractivity contribution in [2.45, 2.75) is 88.9 Å². The van der Waals surface area contributed by atoms with E-state index in [1.165, 1.54) is 12.8 Å². The van der Waals surface area contributed by atoms with E-state index in [4.69, 9.17) is 11.5 Å². The van der Waals surface area contributed by atoms with Gasteiger partial charge in [0.2, 0.25) is 5.91 Å². The normalized spacial score (nSPS) is 26.4. The van der Waals surface area contributed by atoms with Crippen molar-refractivity contribution in [2.75, 3.05) is 38.0 Å². The summed E-state index contributed by atoms with van der Waals surface area (Å²) in [7, 11) is 0. The van der Waals surface area contributed by atoms with Gasteiger partial charge in [-0.15, -0.1) is 12.4 Å². The minimum atomic E-state index is -0.932. The molecule has 3 amide bonds. The van der Waals surface area contributed by atoms with Crippen molar-refractivity contribution in [3.8, 4) is 0 Å². The number of halogens is 1. The maximum atomic E-state index is 12.8. The first kappa shape index (κ1) is 30.3. The average Bonchev–Trinajstić information content (AvgIpc) is 2.88. The van der Waals surface area contributed by atoms with Gasteiger partial charge in [0.25, 0.3) is 0 Å². The van der Waals surface area contributed by atoms with E-state index in [9.17, 15) is 14.4 Å². The van der Waals surface area contributed by atoms with Crippen LogP contribution < -0.4 is 27.8 Å². The van der Waals surface area contributed by atoms with Gasteiger partial charge in [-0.3, -0.25) is 14.7 Å². The van der Waals surface area contributed by atoms with E-state index >= 15 is 0 Å². The third-order valence-electron chi connectivity index (χ3n) is 8.15. The fraction of sp³-hybridized carbons (Fsp3) is 0.769. The van der Waals surface area contributed by atoms with E-state index in [0.29, 0.717) is 44.2 Å². The highest BCUT2D eigenvalue weighted by Crippen LogP contribution is 2.31. The smallest absolute Gasteiger partial charge is 0.338 e. The van der Waals surface area contributed by atoms with Crippen LogP contribution in [-0.2, 0) is 4.79 Å². The van der Waals surface area contributed by atoms with E-state index in [0.717, 1.165) is 45.1 Å². The van der Waals surface area contributed by atoms with Gasteiger partial charge in [0.15, 0.2) is 0 Å². The van der Waals surface area contributed by atoms with Crippen molar-refractivity contribution in [3.05, 3.63) is 22.7 Å². The van der Waals surface area contributed by atoms with E-state index in [2.05, 4.69) is 15.6 Å². The number of nitrogens with one attached hydrogen (secondary N) is 2. The molecule has 0 aromatic carbocycles. The fourth-order valence-corrected chi connectivity index (χ4v) is 5.75. The maximum Gasteiger partial charge on any atom is 0.349 e. The molecule has 0 unspecified atom stereocenters. The highest BCUT2D eigenvalue weighted by molar-refractivity contribution is 5.89. The monoisotopic (exact) mass is 552 g/mol. The predicted octanol–water partition coefficient (Wildman–Crippen LogP) is 1.67. The largest absolute Gasteiger partial charge is 0.349 e. The molecule has 2 saturated carbocycles. The molecular formula is C26H45ClN8O3. The third-order valence-corrected chi connectivity index (χ3v) is 8.15. The summed E-state index contributed by atoms with van der Waals surface area (Å²) in [6.45, 7) is 6.05. The number of anilines is 1. The van der Waals surface area contributed by atoms with E-state index in [-0.39, 0.29) is 41.9 Å². The Kier molecular flexibility index (Phi) is 10.6. The number of nitrogens with zero attached hydrogens (tertiary/aromatic N) is 4. The Morgan fingerprint density at radius 3 is 2.18 bits per heavy atom. The molecule has 1 aliphatic heterocycles. The lowest BCUT2D eigenvalue weighted by molar-refractivity contribution is -0.137. The molecule has 0 spiro atoms. The highest BCUT2D eigenvalue weighted by atomic mass is 35.5. The van der Waals surface area contributed by atoms with Crippen LogP contribution in [0, 0.1) is 5.92 Å². The van der Waals surface area contributed by atoms with Gasteiger partial charge in [-0.05, 0) is 83.7 Å². The number of piperazine rings is 1. The Labute approximate surface area is 231 Å². The molecule has 11 nitrogen and oxygen atoms in total. The van der Waals surface area contributed by atoms with Crippen LogP contribution in [-0.4, -0.2) is 81.6 Å². The van der Waals surface area contributed by atoms with Gasteiger partial charge >= 0.3 is 11.7 Å². The first-order valence-electron chi connectivity index (χ1n) is 13.8. The Morgan fingerprint density at radius 1 is 1.00 bits per heavy atom. The first-order chi connectivity index (χ1) is 17.6. The average molecular weight is 553 g/mol. The number of urea groups is 1. The number of amides is 3. The topological polar surface area (TPSA) is 152 Å². The summed E-state index contributed by atoms with van der Waals surface area (Å²) >= 11 is 0. The van der Waals surface area contributed by atoms with Crippen LogP contribution in [0.15, 0.2) is 17.1 Å². The van der Waals surface area contributed by atoms with Gasteiger partial charge in [-0.2, -0.15) is 4.98 Å². The lowest BCUT2D eigenvalue weighted by Crippen LogP contribution is -2.58. The molecule has 2 aliphatic carbocycles. The van der Waals surface area contributed by atoms with E-state index in [1.54, 1.807) is 40.5 Å². The van der Waals surface area contributed by atoms with Crippen LogP contribution in [0.1, 0.15) is 71.3 Å². The second-order valence-electron chi connectivity index (χ2n) is 11.6. The Bertz CT molecular complexity index is 989. The van der Waals surface area contributed by atoms with Gasteiger partial charge in [-0.1, -0.05) is 0 Å². The van der Waals surface area contributed by atoms with Crippen molar-refractivity contribution >= 4 is 30.2 Å². The summed E-state index contributed by atoms with van der Waals surface area (Å²) in [6.07, 6.45) is 10.4. The van der Waals surface area contributed by atoms with Crippen molar-refractivity contribution in [1.82, 2.24) is 24.7 Å². The minimum Gasteiger partial charge on any atom is -0.338 e. The van der Waals surface area contributed by atoms with E-state index in [1.807, 2.05) is 0 Å². The SMILES string of the molecule is CC(C)(N)C(=O)N1CCN(C(=O)Nc2ccn([C@H]3CC[C@H](CN[C@H]4CC[C@@H](N)CC4)CC3)c(=O)n2)CC1.Cl. The van der Waals surface area contributed by atoms with Crippen LogP contribution in [0.4, 0.5) is 10.6 Å². The lowest BCUT2D eigenvalue weighted by atomic mass is 9.85. The summed E-state index contributed by atoms with van der Waals surface area (Å²) in [5.74, 6) is 0.760. The summed E-state index contributed by atoms with van der Waals surface area (Å²) in [5, 5.41) is 6.47. The lowest BCUT2D eigenvalue weighted by Gasteiger charge is -2.37. The number of nitrogens with two attached hydrogens (primary N) is 2. The molecule has 12 heteroatoms. The number of hydrogen-bond donors (Lipinski definition) is 4. The maximum absolute atomic E-state index is 12.8. The molecule has 2 heterocycles. The summed E-state index contributed by atoms with van der Waals surface area (Å²) in [5.41, 5.74) is 10.7. The van der Waals surface area contributed by atoms with Crippen LogP contribution in [0.3, 0.4) is 0 Å². The van der Waals surface area contributed by atoms with Crippen LogP contribution in [0.5, 0.6) is 0 Å². The molecule has 0 bridgehead atoms. The zero-order valence-electron chi connectivity index (χ0n) is 22.7. The van der Waals surface area contributed by atoms with Gasteiger partial charge in [0.1, 0.15) is 5.82 Å². The minimum absolute atomic E-state index is 0. The van der Waals surface area contributed by atoms with Crippen LogP contribution in [0.2, 0.25) is 0 Å². The number of rotatable bonds is 6. The third kappa shape index (κ3) is 7.91. The molecule has 1 saturated heterocycles. The Morgan fingerprint density at radius 2 is 1.61 bits per heavy atom. The number of carbonyl (C=O) groups is 2. The van der Waals surface area contributed by atoms with E-state index < -0.39 is 5.54 Å². The van der Waals surface area contributed by atoms with Crippen molar-refractivity contribution < 1.29 is 9.59 Å². The standard InChI is InChI=1S/C26H44N8O3.ClH/c1-26(2,28)23(35)32-13-15-33(16-14-32)24(36)30-22-11-12-34(25(37)31-22)21-9-3-18(4-10-21)17-29-20-7-5-19(27)6-8-20;/h11-12,18-21,29H,3-10,13-17,27-28H2,1-2H3,(H,30,31,36,37);1H/t18-,19-,20+,21-;. The van der Waals surface area contributed by atoms with Gasteiger partial charge in [0.05, 0.1) is 5.54 Å². The first-order valence-corrected chi connectivity index (χ1v) is 13.8. The summed E-state index contributed by atoms with van der Waals surface area (Å²) in [4.78, 5) is 45.2. The van der Waals surface area contributed by atoms with Crippen molar-refractivity contribution in [3.63, 3.8) is 0 Å². The molecule has 38 heavy (non-hydrogen) atoms. The van der Waals surface area contributed by atoms with Gasteiger partial charge < -0.3 is 26.6 Å². The highest BCUT2D eigenvalue weighted by Gasteiger charge is 2.31. The van der Waals surface area contributed by atoms with Crippen LogP contribution in [0.25, 0.3) is 0 Å². The fourth-order valence-electron chi connectivity index (χ4n) is 5.75. The zero-order chi connectivity index (χ0) is 26.6. The molecule has 1 aromatic heterocycles. The van der Waals surface area contributed by atoms with Crippen LogP contribution >= 0.6 is 12.4 Å². The second kappa shape index (κ2) is 13.2. The molecule has 214 valence electrons. The number of aromatic nitrogens is 2. The zero-order valence-corrected chi connectivity index (χ0v) is 23.5. The summed E-state index contributed by atoms with van der Waals surface area (Å²) in [6, 6.07) is 2.48. The predicted molar refractivity (Wildman–Crippen MR) is 150 cm³/mol. The molecule has 4 rings (SSSR count). The number of hydrogen-bond acceptors (Lipinski definition) is 7. The molecule has 6 N–H and O–H groups in total. The Hall–Kier alpha value is -2.21. The molecule has 0 atom stereocenters. The second-order valence-corrected chi connectivity index (χ2v) is 11.6.